The van der Waals surface area contributed by atoms with E-state index in [1.54, 1.807) is 0 Å². The van der Waals surface area contributed by atoms with Crippen LogP contribution >= 0.6 is 28.1 Å². The molecule has 4 heteroatoms. The summed E-state index contributed by atoms with van der Waals surface area (Å²) in [6.45, 7) is 6.95. The van der Waals surface area contributed by atoms with Crippen molar-refractivity contribution in [2.75, 3.05) is 0 Å². The summed E-state index contributed by atoms with van der Waals surface area (Å²) in [5.74, 6) is 1.58. The Hall–Kier alpha value is -0.610. The van der Waals surface area contributed by atoms with Gasteiger partial charge in [-0.15, -0.1) is 0 Å². The fraction of sp³-hybridized carbons (Fsp3) is 0.562. The zero-order valence-corrected chi connectivity index (χ0v) is 14.7. The summed E-state index contributed by atoms with van der Waals surface area (Å²) in [5, 5.41) is 0. The molecule has 1 saturated carbocycles. The second-order valence-corrected chi connectivity index (χ2v) is 7.96. The fourth-order valence-electron chi connectivity index (χ4n) is 3.28. The Labute approximate surface area is 135 Å². The average Bonchev–Trinajstić information content (AvgIpc) is 2.28. The van der Waals surface area contributed by atoms with Gasteiger partial charge in [-0.05, 0) is 64.7 Å². The molecule has 110 valence electrons. The van der Waals surface area contributed by atoms with Crippen LogP contribution in [0.3, 0.4) is 0 Å². The summed E-state index contributed by atoms with van der Waals surface area (Å²) in [5.41, 5.74) is 6.85. The maximum atomic E-state index is 6.20. The first-order valence-electron chi connectivity index (χ1n) is 7.03. The summed E-state index contributed by atoms with van der Waals surface area (Å²) in [6.07, 6.45) is 3.77. The van der Waals surface area contributed by atoms with Crippen LogP contribution in [-0.4, -0.2) is 11.1 Å². The summed E-state index contributed by atoms with van der Waals surface area (Å²) < 4.78 is 7.11. The standard InChI is InChI=1S/C16H22BrNOS/c1-10-6-12(9-16(2,3)8-10)19-14-5-4-11(15(18)20)7-13(14)17/h4-5,7,10,12H,6,8-9H2,1-3H3,(H2,18,20). The van der Waals surface area contributed by atoms with Gasteiger partial charge >= 0.3 is 0 Å². The van der Waals surface area contributed by atoms with Crippen LogP contribution in [0.4, 0.5) is 0 Å². The number of hydrogen-bond donors (Lipinski definition) is 1. The number of benzene rings is 1. The summed E-state index contributed by atoms with van der Waals surface area (Å²) >= 11 is 8.53. The molecule has 0 aliphatic heterocycles. The SMILES string of the molecule is CC1CC(Oc2ccc(C(N)=S)cc2Br)CC(C)(C)C1. The Morgan fingerprint density at radius 2 is 2.10 bits per heavy atom. The van der Waals surface area contributed by atoms with Crippen molar-refractivity contribution in [3.8, 4) is 5.75 Å². The van der Waals surface area contributed by atoms with Crippen molar-refractivity contribution in [3.63, 3.8) is 0 Å². The molecule has 0 saturated heterocycles. The molecule has 0 spiro atoms. The van der Waals surface area contributed by atoms with E-state index in [2.05, 4.69) is 36.7 Å². The molecule has 1 aromatic rings. The van der Waals surface area contributed by atoms with Crippen LogP contribution < -0.4 is 10.5 Å². The highest BCUT2D eigenvalue weighted by Gasteiger charge is 2.33. The number of thiocarbonyl (C=S) groups is 1. The van der Waals surface area contributed by atoms with Gasteiger partial charge in [0.05, 0.1) is 10.6 Å². The Morgan fingerprint density at radius 3 is 2.65 bits per heavy atom. The van der Waals surface area contributed by atoms with Gasteiger partial charge in [-0.3, -0.25) is 0 Å². The molecule has 2 atom stereocenters. The molecule has 0 bridgehead atoms. The van der Waals surface area contributed by atoms with Gasteiger partial charge in [0, 0.05) is 5.56 Å². The number of nitrogens with two attached hydrogens (primary N) is 1. The number of hydrogen-bond acceptors (Lipinski definition) is 2. The van der Waals surface area contributed by atoms with Crippen molar-refractivity contribution >= 4 is 33.1 Å². The lowest BCUT2D eigenvalue weighted by atomic mass is 9.71. The Morgan fingerprint density at radius 1 is 1.40 bits per heavy atom. The predicted octanol–water partition coefficient (Wildman–Crippen LogP) is 4.68. The molecule has 0 radical (unpaired) electrons. The van der Waals surface area contributed by atoms with Gasteiger partial charge in [0.2, 0.25) is 0 Å². The van der Waals surface area contributed by atoms with Gasteiger partial charge < -0.3 is 10.5 Å². The van der Waals surface area contributed by atoms with E-state index in [4.69, 9.17) is 22.7 Å². The Balaban J connectivity index is 2.12. The Kier molecular flexibility index (Phi) is 4.75. The first-order chi connectivity index (χ1) is 9.27. The average molecular weight is 356 g/mol. The fourth-order valence-corrected chi connectivity index (χ4v) is 3.88. The van der Waals surface area contributed by atoms with Crippen molar-refractivity contribution in [2.45, 2.75) is 46.1 Å². The van der Waals surface area contributed by atoms with Crippen LogP contribution in [0.5, 0.6) is 5.75 Å². The molecule has 0 heterocycles. The van der Waals surface area contributed by atoms with E-state index < -0.39 is 0 Å². The topological polar surface area (TPSA) is 35.2 Å². The van der Waals surface area contributed by atoms with Gasteiger partial charge in [-0.25, -0.2) is 0 Å². The lowest BCUT2D eigenvalue weighted by molar-refractivity contribution is 0.0557. The molecular weight excluding hydrogens is 334 g/mol. The zero-order chi connectivity index (χ0) is 14.9. The zero-order valence-electron chi connectivity index (χ0n) is 12.3. The van der Waals surface area contributed by atoms with E-state index in [1.165, 1.54) is 6.42 Å². The molecule has 1 fully saturated rings. The molecule has 2 unspecified atom stereocenters. The summed E-state index contributed by atoms with van der Waals surface area (Å²) in [7, 11) is 0. The molecule has 0 amide bonds. The van der Waals surface area contributed by atoms with Crippen LogP contribution in [0.2, 0.25) is 0 Å². The van der Waals surface area contributed by atoms with E-state index in [1.807, 2.05) is 18.2 Å². The normalized spacial score (nSPS) is 25.2. The molecule has 2 rings (SSSR count). The maximum Gasteiger partial charge on any atom is 0.133 e. The van der Waals surface area contributed by atoms with Crippen LogP contribution in [0.1, 0.15) is 45.6 Å². The lowest BCUT2D eigenvalue weighted by Gasteiger charge is -2.39. The van der Waals surface area contributed by atoms with Gasteiger partial charge in [0.1, 0.15) is 10.7 Å². The molecule has 1 aliphatic rings. The molecule has 1 aromatic carbocycles. The molecule has 2 N–H and O–H groups in total. The second-order valence-electron chi connectivity index (χ2n) is 6.66. The Bertz CT molecular complexity index is 515. The van der Waals surface area contributed by atoms with Gasteiger partial charge in [-0.1, -0.05) is 33.0 Å². The van der Waals surface area contributed by atoms with Gasteiger partial charge in [0.15, 0.2) is 0 Å². The minimum Gasteiger partial charge on any atom is -0.489 e. The third kappa shape index (κ3) is 3.95. The van der Waals surface area contributed by atoms with Crippen LogP contribution in [0.25, 0.3) is 0 Å². The first kappa shape index (κ1) is 15.8. The van der Waals surface area contributed by atoms with E-state index >= 15 is 0 Å². The largest absolute Gasteiger partial charge is 0.489 e. The lowest BCUT2D eigenvalue weighted by Crippen LogP contribution is -2.34. The monoisotopic (exact) mass is 355 g/mol. The third-order valence-electron chi connectivity index (χ3n) is 3.86. The number of halogens is 1. The summed E-state index contributed by atoms with van der Waals surface area (Å²) in [4.78, 5) is 0.407. The van der Waals surface area contributed by atoms with Crippen molar-refractivity contribution in [1.29, 1.82) is 0 Å². The van der Waals surface area contributed by atoms with Crippen molar-refractivity contribution in [1.82, 2.24) is 0 Å². The van der Waals surface area contributed by atoms with E-state index in [9.17, 15) is 0 Å². The first-order valence-corrected chi connectivity index (χ1v) is 8.23. The van der Waals surface area contributed by atoms with Gasteiger partial charge in [0.25, 0.3) is 0 Å². The van der Waals surface area contributed by atoms with Crippen LogP contribution in [0.15, 0.2) is 22.7 Å². The number of ether oxygens (including phenoxy) is 1. The predicted molar refractivity (Wildman–Crippen MR) is 91.2 cm³/mol. The molecular formula is C16H22BrNOS. The van der Waals surface area contributed by atoms with E-state index in [0.29, 0.717) is 16.3 Å². The molecule has 1 aliphatic carbocycles. The van der Waals surface area contributed by atoms with E-state index in [-0.39, 0.29) is 6.10 Å². The van der Waals surface area contributed by atoms with Crippen molar-refractivity contribution in [3.05, 3.63) is 28.2 Å². The highest BCUT2D eigenvalue weighted by Crippen LogP contribution is 2.40. The minimum absolute atomic E-state index is 0.278. The molecule has 0 aromatic heterocycles. The molecule has 20 heavy (non-hydrogen) atoms. The van der Waals surface area contributed by atoms with Crippen molar-refractivity contribution in [2.24, 2.45) is 17.1 Å². The second kappa shape index (κ2) is 6.02. The van der Waals surface area contributed by atoms with Gasteiger partial charge in [-0.2, -0.15) is 0 Å². The summed E-state index contributed by atoms with van der Waals surface area (Å²) in [6, 6.07) is 5.79. The minimum atomic E-state index is 0.278. The van der Waals surface area contributed by atoms with Crippen LogP contribution in [0, 0.1) is 11.3 Å². The quantitative estimate of drug-likeness (QED) is 0.799. The van der Waals surface area contributed by atoms with E-state index in [0.717, 1.165) is 28.6 Å². The highest BCUT2D eigenvalue weighted by atomic mass is 79.9. The number of rotatable bonds is 3. The third-order valence-corrected chi connectivity index (χ3v) is 4.71. The van der Waals surface area contributed by atoms with Crippen LogP contribution in [-0.2, 0) is 0 Å². The van der Waals surface area contributed by atoms with Crippen molar-refractivity contribution < 1.29 is 4.74 Å². The smallest absolute Gasteiger partial charge is 0.133 e. The maximum absolute atomic E-state index is 6.20. The molecule has 2 nitrogen and oxygen atoms in total. The highest BCUT2D eigenvalue weighted by molar-refractivity contribution is 9.10.